The van der Waals surface area contributed by atoms with E-state index in [9.17, 15) is 4.39 Å². The largest absolute Gasteiger partial charge is 0.363 e. The Kier molecular flexibility index (Phi) is 3.27. The number of nitrogens with zero attached hydrogens (tertiary/aromatic N) is 1. The second-order valence-corrected chi connectivity index (χ2v) is 3.31. The molecule has 0 N–H and O–H groups in total. The van der Waals surface area contributed by atoms with Gasteiger partial charge in [0.25, 0.3) is 0 Å². The van der Waals surface area contributed by atoms with E-state index in [4.69, 9.17) is 4.74 Å². The second-order valence-electron chi connectivity index (χ2n) is 3.31. The monoisotopic (exact) mass is 161 g/mol. The quantitative estimate of drug-likeness (QED) is 0.565. The highest BCUT2D eigenvalue weighted by Gasteiger charge is 2.22. The highest BCUT2D eigenvalue weighted by molar-refractivity contribution is 4.72. The maximum absolute atomic E-state index is 12.4. The lowest BCUT2D eigenvalue weighted by Crippen LogP contribution is -2.28. The summed E-state index contributed by atoms with van der Waals surface area (Å²) in [6, 6.07) is 0. The summed E-state index contributed by atoms with van der Waals surface area (Å²) in [5.41, 5.74) is 0. The Labute approximate surface area is 67.3 Å². The molecule has 0 heterocycles. The molecule has 1 aliphatic rings. The molecule has 0 aromatic heterocycles. The van der Waals surface area contributed by atoms with Gasteiger partial charge >= 0.3 is 0 Å². The number of alkyl halides is 1. The van der Waals surface area contributed by atoms with Crippen LogP contribution in [-0.2, 0) is 4.74 Å². The van der Waals surface area contributed by atoms with Crippen LogP contribution in [0.1, 0.15) is 19.8 Å². The van der Waals surface area contributed by atoms with E-state index in [1.165, 1.54) is 12.8 Å². The van der Waals surface area contributed by atoms with Gasteiger partial charge in [-0.05, 0) is 26.8 Å². The zero-order valence-electron chi connectivity index (χ0n) is 7.22. The average Bonchev–Trinajstić information content (AvgIpc) is 2.63. The van der Waals surface area contributed by atoms with E-state index in [-0.39, 0.29) is 0 Å². The first-order valence-corrected chi connectivity index (χ1v) is 4.12. The van der Waals surface area contributed by atoms with Crippen molar-refractivity contribution in [1.29, 1.82) is 0 Å². The van der Waals surface area contributed by atoms with Gasteiger partial charge in [0.15, 0.2) is 0 Å². The summed E-state index contributed by atoms with van der Waals surface area (Å²) in [5.74, 6) is 0. The summed E-state index contributed by atoms with van der Waals surface area (Å²) in [5, 5.41) is 0. The molecule has 1 aliphatic carbocycles. The zero-order chi connectivity index (χ0) is 8.27. The van der Waals surface area contributed by atoms with Gasteiger partial charge in [-0.3, -0.25) is 4.90 Å². The molecule has 0 saturated heterocycles. The van der Waals surface area contributed by atoms with Crippen molar-refractivity contribution in [2.45, 2.75) is 32.0 Å². The van der Waals surface area contributed by atoms with E-state index in [0.29, 0.717) is 19.4 Å². The summed E-state index contributed by atoms with van der Waals surface area (Å²) in [7, 11) is 1.87. The molecule has 1 saturated carbocycles. The van der Waals surface area contributed by atoms with Crippen molar-refractivity contribution in [3.63, 3.8) is 0 Å². The standard InChI is InChI=1S/C8H16FNO/c1-7(9)5-10(2)6-11-8-3-4-8/h7-8H,3-6H2,1-2H3. The van der Waals surface area contributed by atoms with Crippen LogP contribution in [0.2, 0.25) is 0 Å². The van der Waals surface area contributed by atoms with Gasteiger partial charge in [0.1, 0.15) is 6.17 Å². The van der Waals surface area contributed by atoms with Crippen LogP contribution in [0.25, 0.3) is 0 Å². The highest BCUT2D eigenvalue weighted by Crippen LogP contribution is 2.23. The van der Waals surface area contributed by atoms with Crippen molar-refractivity contribution in [2.24, 2.45) is 0 Å². The van der Waals surface area contributed by atoms with Crippen molar-refractivity contribution in [1.82, 2.24) is 4.90 Å². The van der Waals surface area contributed by atoms with Gasteiger partial charge in [-0.15, -0.1) is 0 Å². The minimum atomic E-state index is -0.761. The van der Waals surface area contributed by atoms with Crippen LogP contribution in [0.4, 0.5) is 4.39 Å². The van der Waals surface area contributed by atoms with Gasteiger partial charge in [0.2, 0.25) is 0 Å². The average molecular weight is 161 g/mol. The van der Waals surface area contributed by atoms with Crippen molar-refractivity contribution in [3.8, 4) is 0 Å². The second kappa shape index (κ2) is 4.02. The Morgan fingerprint density at radius 1 is 1.64 bits per heavy atom. The molecular weight excluding hydrogens is 145 g/mol. The maximum atomic E-state index is 12.4. The van der Waals surface area contributed by atoms with Gasteiger partial charge in [-0.1, -0.05) is 0 Å². The van der Waals surface area contributed by atoms with Crippen LogP contribution >= 0.6 is 0 Å². The van der Waals surface area contributed by atoms with E-state index < -0.39 is 6.17 Å². The number of halogens is 1. The van der Waals surface area contributed by atoms with Crippen LogP contribution in [0, 0.1) is 0 Å². The molecule has 66 valence electrons. The third kappa shape index (κ3) is 4.32. The minimum absolute atomic E-state index is 0.465. The van der Waals surface area contributed by atoms with Crippen LogP contribution in [0.3, 0.4) is 0 Å². The molecule has 1 fully saturated rings. The lowest BCUT2D eigenvalue weighted by molar-refractivity contribution is 0.0228. The fourth-order valence-electron chi connectivity index (χ4n) is 0.950. The number of ether oxygens (including phenoxy) is 1. The van der Waals surface area contributed by atoms with Crippen LogP contribution < -0.4 is 0 Å². The molecule has 0 aliphatic heterocycles. The van der Waals surface area contributed by atoms with Gasteiger partial charge in [-0.2, -0.15) is 0 Å². The van der Waals surface area contributed by atoms with E-state index in [2.05, 4.69) is 0 Å². The minimum Gasteiger partial charge on any atom is -0.363 e. The van der Waals surface area contributed by atoms with Crippen LogP contribution in [0.15, 0.2) is 0 Å². The third-order valence-electron chi connectivity index (χ3n) is 1.62. The van der Waals surface area contributed by atoms with Gasteiger partial charge in [-0.25, -0.2) is 4.39 Å². The normalized spacial score (nSPS) is 20.7. The third-order valence-corrected chi connectivity index (χ3v) is 1.62. The SMILES string of the molecule is CC(F)CN(C)COC1CC1. The van der Waals surface area contributed by atoms with Crippen LogP contribution in [-0.4, -0.2) is 37.5 Å². The van der Waals surface area contributed by atoms with E-state index in [1.54, 1.807) is 6.92 Å². The summed E-state index contributed by atoms with van der Waals surface area (Å²) in [6.45, 7) is 2.60. The topological polar surface area (TPSA) is 12.5 Å². The van der Waals surface area contributed by atoms with Gasteiger partial charge in [0.05, 0.1) is 12.8 Å². The van der Waals surface area contributed by atoms with Crippen LogP contribution in [0.5, 0.6) is 0 Å². The van der Waals surface area contributed by atoms with Gasteiger partial charge in [0, 0.05) is 6.54 Å². The molecule has 1 atom stereocenters. The first kappa shape index (κ1) is 8.94. The number of rotatable bonds is 5. The van der Waals surface area contributed by atoms with Crippen molar-refractivity contribution < 1.29 is 9.13 Å². The molecule has 2 nitrogen and oxygen atoms in total. The van der Waals surface area contributed by atoms with Crippen molar-refractivity contribution >= 4 is 0 Å². The number of hydrogen-bond acceptors (Lipinski definition) is 2. The molecular formula is C8H16FNO. The zero-order valence-corrected chi connectivity index (χ0v) is 7.22. The highest BCUT2D eigenvalue weighted by atomic mass is 19.1. The Bertz CT molecular complexity index is 115. The molecule has 3 heteroatoms. The summed E-state index contributed by atoms with van der Waals surface area (Å²) in [6.07, 6.45) is 2.06. The molecule has 11 heavy (non-hydrogen) atoms. The van der Waals surface area contributed by atoms with E-state index in [0.717, 1.165) is 0 Å². The maximum Gasteiger partial charge on any atom is 0.110 e. The van der Waals surface area contributed by atoms with Gasteiger partial charge < -0.3 is 4.74 Å². The summed E-state index contributed by atoms with van der Waals surface area (Å²) >= 11 is 0. The Morgan fingerprint density at radius 3 is 2.73 bits per heavy atom. The molecule has 0 aromatic rings. The van der Waals surface area contributed by atoms with Crippen molar-refractivity contribution in [3.05, 3.63) is 0 Å². The smallest absolute Gasteiger partial charge is 0.110 e. The molecule has 0 aromatic carbocycles. The molecule has 0 amide bonds. The predicted octanol–water partition coefficient (Wildman–Crippen LogP) is 1.41. The van der Waals surface area contributed by atoms with Crippen molar-refractivity contribution in [2.75, 3.05) is 20.3 Å². The molecule has 1 rings (SSSR count). The molecule has 0 bridgehead atoms. The Morgan fingerprint density at radius 2 is 2.27 bits per heavy atom. The summed E-state index contributed by atoms with van der Waals surface area (Å²) < 4.78 is 17.8. The first-order chi connectivity index (χ1) is 5.18. The molecule has 1 unspecified atom stereocenters. The lowest BCUT2D eigenvalue weighted by atomic mass is 10.4. The molecule has 0 spiro atoms. The fraction of sp³-hybridized carbons (Fsp3) is 1.00. The first-order valence-electron chi connectivity index (χ1n) is 4.12. The van der Waals surface area contributed by atoms with E-state index in [1.807, 2.05) is 11.9 Å². The Hall–Kier alpha value is -0.150. The number of hydrogen-bond donors (Lipinski definition) is 0. The predicted molar refractivity (Wildman–Crippen MR) is 42.2 cm³/mol. The Balaban J connectivity index is 1.95. The lowest BCUT2D eigenvalue weighted by Gasteiger charge is -2.16. The fourth-order valence-corrected chi connectivity index (χ4v) is 0.950. The molecule has 0 radical (unpaired) electrons. The van der Waals surface area contributed by atoms with E-state index >= 15 is 0 Å². The summed E-state index contributed by atoms with van der Waals surface area (Å²) in [4.78, 5) is 1.86.